The molecule has 270 valence electrons. The zero-order valence-electron chi connectivity index (χ0n) is 31.1. The van der Waals surface area contributed by atoms with Crippen molar-refractivity contribution in [2.75, 3.05) is 0 Å². The van der Waals surface area contributed by atoms with Crippen LogP contribution in [0, 0.1) is 0 Å². The number of aromatic nitrogens is 3. The molecule has 0 aliphatic carbocycles. The van der Waals surface area contributed by atoms with Crippen molar-refractivity contribution in [3.8, 4) is 56.4 Å². The van der Waals surface area contributed by atoms with E-state index >= 15 is 0 Å². The highest BCUT2D eigenvalue weighted by Gasteiger charge is 2.21. The zero-order valence-corrected chi connectivity index (χ0v) is 31.9. The van der Waals surface area contributed by atoms with Crippen LogP contribution < -0.4 is 0 Å². The maximum absolute atomic E-state index is 6.62. The summed E-state index contributed by atoms with van der Waals surface area (Å²) in [6, 6.07) is 66.3. The molecule has 0 fully saturated rings. The minimum Gasteiger partial charge on any atom is -0.456 e. The first-order valence-corrected chi connectivity index (χ1v) is 20.2. The predicted molar refractivity (Wildman–Crippen MR) is 242 cm³/mol. The molecule has 0 saturated heterocycles. The molecule has 4 nitrogen and oxygen atoms in total. The zero-order chi connectivity index (χ0) is 38.2. The van der Waals surface area contributed by atoms with Crippen LogP contribution in [-0.4, -0.2) is 15.0 Å². The fourth-order valence-corrected chi connectivity index (χ4v) is 9.81. The molecule has 0 bridgehead atoms. The number of hydrogen-bond donors (Lipinski definition) is 0. The van der Waals surface area contributed by atoms with E-state index in [1.165, 1.54) is 42.8 Å². The van der Waals surface area contributed by atoms with Crippen LogP contribution >= 0.6 is 11.3 Å². The van der Waals surface area contributed by atoms with Gasteiger partial charge in [-0.25, -0.2) is 15.0 Å². The molecule has 12 aromatic rings. The molecule has 0 aliphatic heterocycles. The van der Waals surface area contributed by atoms with E-state index in [-0.39, 0.29) is 0 Å². The van der Waals surface area contributed by atoms with Crippen LogP contribution in [0.5, 0.6) is 0 Å². The van der Waals surface area contributed by atoms with Gasteiger partial charge in [0.05, 0.1) is 0 Å². The first kappa shape index (κ1) is 32.7. The van der Waals surface area contributed by atoms with E-state index in [0.717, 1.165) is 59.8 Å². The summed E-state index contributed by atoms with van der Waals surface area (Å²) in [4.78, 5) is 15.8. The van der Waals surface area contributed by atoms with Gasteiger partial charge in [-0.3, -0.25) is 0 Å². The average Bonchev–Trinajstić information content (AvgIpc) is 3.87. The Hall–Kier alpha value is -7.47. The third-order valence-electron chi connectivity index (χ3n) is 11.3. The Balaban J connectivity index is 1.07. The molecular weight excluding hydrogens is 727 g/mol. The molecule has 0 N–H and O–H groups in total. The molecule has 3 aromatic heterocycles. The summed E-state index contributed by atoms with van der Waals surface area (Å²) < 4.78 is 9.01. The fraction of sp³-hybridized carbons (Fsp3) is 0. The van der Waals surface area contributed by atoms with Crippen LogP contribution in [-0.2, 0) is 0 Å². The Labute approximate surface area is 337 Å². The van der Waals surface area contributed by atoms with Gasteiger partial charge in [0.1, 0.15) is 11.2 Å². The third-order valence-corrected chi connectivity index (χ3v) is 12.6. The highest BCUT2D eigenvalue weighted by atomic mass is 32.1. The minimum atomic E-state index is 0.598. The highest BCUT2D eigenvalue weighted by molar-refractivity contribution is 7.26. The summed E-state index contributed by atoms with van der Waals surface area (Å²) in [7, 11) is 0. The Morgan fingerprint density at radius 2 is 0.879 bits per heavy atom. The van der Waals surface area contributed by atoms with Crippen LogP contribution in [0.3, 0.4) is 0 Å². The SMILES string of the molecule is c1ccc2cc(-c3nc(-c4cccc5c4sc4ccccc45)nc(-c4cccc5oc6cccc(-c7ccc(-c8cccc9ccccc89)cc7)c6c45)n3)ccc2c1. The first-order valence-electron chi connectivity index (χ1n) is 19.4. The van der Waals surface area contributed by atoms with Gasteiger partial charge < -0.3 is 4.42 Å². The fourth-order valence-electron chi connectivity index (χ4n) is 8.60. The van der Waals surface area contributed by atoms with Crippen LogP contribution in [0.1, 0.15) is 0 Å². The van der Waals surface area contributed by atoms with Gasteiger partial charge in [-0.15, -0.1) is 11.3 Å². The summed E-state index contributed by atoms with van der Waals surface area (Å²) in [5.74, 6) is 1.86. The molecule has 0 aliphatic rings. The lowest BCUT2D eigenvalue weighted by Gasteiger charge is -2.11. The van der Waals surface area contributed by atoms with Crippen molar-refractivity contribution in [3.05, 3.63) is 188 Å². The van der Waals surface area contributed by atoms with Gasteiger partial charge in [-0.05, 0) is 74.1 Å². The molecule has 0 amide bonds. The van der Waals surface area contributed by atoms with Crippen molar-refractivity contribution in [2.45, 2.75) is 0 Å². The molecule has 0 atom stereocenters. The van der Waals surface area contributed by atoms with Gasteiger partial charge >= 0.3 is 0 Å². The predicted octanol–water partition coefficient (Wildman–Crippen LogP) is 14.8. The topological polar surface area (TPSA) is 51.8 Å². The maximum Gasteiger partial charge on any atom is 0.165 e. The van der Waals surface area contributed by atoms with E-state index in [1.807, 2.05) is 12.1 Å². The normalized spacial score (nSPS) is 11.8. The molecule has 0 saturated carbocycles. The Morgan fingerprint density at radius 3 is 1.71 bits per heavy atom. The summed E-state index contributed by atoms with van der Waals surface area (Å²) in [6.07, 6.45) is 0. The van der Waals surface area contributed by atoms with Crippen LogP contribution in [0.15, 0.2) is 192 Å². The van der Waals surface area contributed by atoms with E-state index in [9.17, 15) is 0 Å². The molecule has 5 heteroatoms. The van der Waals surface area contributed by atoms with Crippen molar-refractivity contribution >= 4 is 75.0 Å². The number of thiophene rings is 1. The van der Waals surface area contributed by atoms with Crippen molar-refractivity contribution in [3.63, 3.8) is 0 Å². The molecular formula is C53H31N3OS. The number of rotatable bonds is 5. The van der Waals surface area contributed by atoms with Crippen molar-refractivity contribution in [1.29, 1.82) is 0 Å². The smallest absolute Gasteiger partial charge is 0.165 e. The van der Waals surface area contributed by atoms with E-state index in [2.05, 4.69) is 176 Å². The van der Waals surface area contributed by atoms with Crippen LogP contribution in [0.25, 0.3) is 120 Å². The van der Waals surface area contributed by atoms with Crippen LogP contribution in [0.4, 0.5) is 0 Å². The molecule has 0 spiro atoms. The Morgan fingerprint density at radius 1 is 0.345 bits per heavy atom. The van der Waals surface area contributed by atoms with Crippen molar-refractivity contribution in [2.24, 2.45) is 0 Å². The Bertz CT molecular complexity index is 3580. The molecule has 0 unspecified atom stereocenters. The van der Waals surface area contributed by atoms with Crippen molar-refractivity contribution in [1.82, 2.24) is 15.0 Å². The first-order chi connectivity index (χ1) is 28.7. The van der Waals surface area contributed by atoms with Crippen molar-refractivity contribution < 1.29 is 4.42 Å². The van der Waals surface area contributed by atoms with Gasteiger partial charge in [0.25, 0.3) is 0 Å². The van der Waals surface area contributed by atoms with Gasteiger partial charge in [-0.1, -0.05) is 158 Å². The molecule has 58 heavy (non-hydrogen) atoms. The second kappa shape index (κ2) is 13.1. The van der Waals surface area contributed by atoms with E-state index in [4.69, 9.17) is 19.4 Å². The number of nitrogens with zero attached hydrogens (tertiary/aromatic N) is 3. The molecule has 0 radical (unpaired) electrons. The maximum atomic E-state index is 6.62. The van der Waals surface area contributed by atoms with E-state index in [1.54, 1.807) is 11.3 Å². The number of furan rings is 1. The van der Waals surface area contributed by atoms with Gasteiger partial charge in [0.2, 0.25) is 0 Å². The second-order valence-electron chi connectivity index (χ2n) is 14.7. The third kappa shape index (κ3) is 5.25. The molecule has 12 rings (SSSR count). The largest absolute Gasteiger partial charge is 0.456 e. The van der Waals surface area contributed by atoms with E-state index in [0.29, 0.717) is 17.5 Å². The summed E-state index contributed by atoms with van der Waals surface area (Å²) in [5, 5.41) is 9.23. The van der Waals surface area contributed by atoms with Gasteiger partial charge in [0.15, 0.2) is 17.5 Å². The molecule has 9 aromatic carbocycles. The summed E-state index contributed by atoms with van der Waals surface area (Å²) >= 11 is 1.78. The summed E-state index contributed by atoms with van der Waals surface area (Å²) in [6.45, 7) is 0. The molecule has 3 heterocycles. The van der Waals surface area contributed by atoms with Gasteiger partial charge in [0, 0.05) is 47.6 Å². The monoisotopic (exact) mass is 757 g/mol. The highest BCUT2D eigenvalue weighted by Crippen LogP contribution is 2.43. The minimum absolute atomic E-state index is 0.598. The quantitative estimate of drug-likeness (QED) is 0.175. The number of benzene rings is 9. The van der Waals surface area contributed by atoms with E-state index < -0.39 is 0 Å². The lowest BCUT2D eigenvalue weighted by atomic mass is 9.94. The lowest BCUT2D eigenvalue weighted by molar-refractivity contribution is 0.669. The standard InChI is InChI=1S/C53H31N3OS/c1-2-13-36-31-37(30-25-32(36)11-1)51-54-52(56-53(55-51)44-21-8-19-42-41-16-5-6-24-47(41)58-50(42)44)43-20-10-23-46-49(43)48-40(18-9-22-45(48)57-46)35-28-26-34(27-29-35)39-17-7-14-33-12-3-4-15-38(33)39/h1-31H. The van der Waals surface area contributed by atoms with Crippen LogP contribution in [0.2, 0.25) is 0 Å². The number of hydrogen-bond acceptors (Lipinski definition) is 5. The Kier molecular flexibility index (Phi) is 7.37. The average molecular weight is 758 g/mol. The number of fused-ring (bicyclic) bond motifs is 8. The van der Waals surface area contributed by atoms with Gasteiger partial charge in [-0.2, -0.15) is 0 Å². The summed E-state index contributed by atoms with van der Waals surface area (Å²) in [5.41, 5.74) is 9.01. The lowest BCUT2D eigenvalue weighted by Crippen LogP contribution is -2.00. The second-order valence-corrected chi connectivity index (χ2v) is 15.8.